The monoisotopic (exact) mass is 392 g/mol. The van der Waals surface area contributed by atoms with Gasteiger partial charge in [0.25, 0.3) is 0 Å². The summed E-state index contributed by atoms with van der Waals surface area (Å²) in [7, 11) is 0. The van der Waals surface area contributed by atoms with Crippen molar-refractivity contribution in [3.8, 4) is 5.69 Å². The van der Waals surface area contributed by atoms with Crippen molar-refractivity contribution in [3.63, 3.8) is 0 Å². The lowest BCUT2D eigenvalue weighted by Crippen LogP contribution is -2.26. The fourth-order valence-electron chi connectivity index (χ4n) is 3.15. The Labute approximate surface area is 169 Å². The summed E-state index contributed by atoms with van der Waals surface area (Å²) in [6.45, 7) is 0.687. The molecule has 0 atom stereocenters. The number of carbonyl (C=O) groups excluding carboxylic acids is 1. The molecule has 1 saturated carbocycles. The van der Waals surface area contributed by atoms with Gasteiger partial charge in [-0.1, -0.05) is 60.3 Å². The number of aryl methyl sites for hydroxylation is 1. The van der Waals surface area contributed by atoms with E-state index in [1.807, 2.05) is 36.4 Å². The van der Waals surface area contributed by atoms with Crippen LogP contribution in [0.25, 0.3) is 5.69 Å². The first kappa shape index (κ1) is 18.7. The molecule has 0 radical (unpaired) electrons. The van der Waals surface area contributed by atoms with Crippen molar-refractivity contribution < 1.29 is 4.79 Å². The summed E-state index contributed by atoms with van der Waals surface area (Å²) in [5.74, 6) is 1.89. The minimum absolute atomic E-state index is 0.0358. The second-order valence-corrected chi connectivity index (χ2v) is 7.96. The molecule has 1 amide bonds. The van der Waals surface area contributed by atoms with E-state index in [0.717, 1.165) is 42.4 Å². The van der Waals surface area contributed by atoms with Crippen molar-refractivity contribution in [2.24, 2.45) is 0 Å². The number of amides is 1. The number of carbonyl (C=O) groups is 1. The summed E-state index contributed by atoms with van der Waals surface area (Å²) in [6, 6.07) is 20.5. The number of para-hydroxylation sites is 1. The third-order valence-electron chi connectivity index (χ3n) is 4.75. The van der Waals surface area contributed by atoms with Gasteiger partial charge in [-0.05, 0) is 43.4 Å². The van der Waals surface area contributed by atoms with Gasteiger partial charge >= 0.3 is 0 Å². The zero-order chi connectivity index (χ0) is 19.2. The number of hydrogen-bond donors (Lipinski definition) is 1. The Kier molecular flexibility index (Phi) is 6.07. The summed E-state index contributed by atoms with van der Waals surface area (Å²) in [5, 5.41) is 12.6. The molecule has 1 fully saturated rings. The molecule has 1 N–H and O–H groups in total. The van der Waals surface area contributed by atoms with Crippen LogP contribution in [0.2, 0.25) is 0 Å². The number of thioether (sulfide) groups is 1. The van der Waals surface area contributed by atoms with Crippen LogP contribution in [0.5, 0.6) is 0 Å². The molecule has 0 spiro atoms. The lowest BCUT2D eigenvalue weighted by atomic mass is 10.1. The van der Waals surface area contributed by atoms with Crippen LogP contribution in [-0.4, -0.2) is 33.0 Å². The summed E-state index contributed by atoms with van der Waals surface area (Å²) in [5.41, 5.74) is 2.36. The normalized spacial score (nSPS) is 13.4. The number of hydrogen-bond acceptors (Lipinski definition) is 4. The predicted octanol–water partition coefficient (Wildman–Crippen LogP) is 3.99. The summed E-state index contributed by atoms with van der Waals surface area (Å²) < 4.78 is 2.10. The third-order valence-corrected chi connectivity index (χ3v) is 5.68. The van der Waals surface area contributed by atoms with Gasteiger partial charge in [-0.3, -0.25) is 9.36 Å². The van der Waals surface area contributed by atoms with Crippen LogP contribution in [0.15, 0.2) is 65.8 Å². The number of nitrogens with zero attached hydrogens (tertiary/aromatic N) is 3. The first-order valence-electron chi connectivity index (χ1n) is 9.75. The van der Waals surface area contributed by atoms with Gasteiger partial charge < -0.3 is 5.32 Å². The molecule has 2 aromatic carbocycles. The van der Waals surface area contributed by atoms with Crippen molar-refractivity contribution >= 4 is 17.7 Å². The highest BCUT2D eigenvalue weighted by molar-refractivity contribution is 7.99. The Morgan fingerprint density at radius 1 is 1.04 bits per heavy atom. The zero-order valence-corrected chi connectivity index (χ0v) is 16.6. The largest absolute Gasteiger partial charge is 0.355 e. The van der Waals surface area contributed by atoms with Crippen LogP contribution in [0.3, 0.4) is 0 Å². The van der Waals surface area contributed by atoms with Crippen LogP contribution < -0.4 is 5.32 Å². The van der Waals surface area contributed by atoms with Gasteiger partial charge in [0.2, 0.25) is 5.91 Å². The average Bonchev–Trinajstić information content (AvgIpc) is 3.50. The first-order chi connectivity index (χ1) is 13.8. The number of benzene rings is 2. The second-order valence-electron chi connectivity index (χ2n) is 7.01. The smallest absolute Gasteiger partial charge is 0.230 e. The molecule has 1 aliphatic carbocycles. The summed E-state index contributed by atoms with van der Waals surface area (Å²) in [4.78, 5) is 12.2. The molecule has 28 heavy (non-hydrogen) atoms. The van der Waals surface area contributed by atoms with Crippen molar-refractivity contribution in [1.29, 1.82) is 0 Å². The van der Waals surface area contributed by atoms with Crippen molar-refractivity contribution in [3.05, 3.63) is 72.1 Å². The van der Waals surface area contributed by atoms with Crippen molar-refractivity contribution in [2.45, 2.75) is 36.8 Å². The Morgan fingerprint density at radius 2 is 1.75 bits per heavy atom. The molecule has 0 bridgehead atoms. The first-order valence-corrected chi connectivity index (χ1v) is 10.7. The van der Waals surface area contributed by atoms with E-state index in [0.29, 0.717) is 18.2 Å². The van der Waals surface area contributed by atoms with Gasteiger partial charge in [0.15, 0.2) is 5.16 Å². The minimum Gasteiger partial charge on any atom is -0.355 e. The molecule has 1 aliphatic rings. The fraction of sp³-hybridized carbons (Fsp3) is 0.318. The maximum Gasteiger partial charge on any atom is 0.230 e. The molecular formula is C22H24N4OS. The summed E-state index contributed by atoms with van der Waals surface area (Å²) in [6.07, 6.45) is 4.24. The molecule has 3 aromatic rings. The minimum atomic E-state index is 0.0358. The predicted molar refractivity (Wildman–Crippen MR) is 112 cm³/mol. The molecule has 144 valence electrons. The zero-order valence-electron chi connectivity index (χ0n) is 15.8. The van der Waals surface area contributed by atoms with Crippen LogP contribution >= 0.6 is 11.8 Å². The van der Waals surface area contributed by atoms with Crippen molar-refractivity contribution in [1.82, 2.24) is 20.1 Å². The Balaban J connectivity index is 1.30. The average molecular weight is 393 g/mol. The van der Waals surface area contributed by atoms with Gasteiger partial charge in [0.05, 0.1) is 5.75 Å². The topological polar surface area (TPSA) is 59.8 Å². The molecule has 0 unspecified atom stereocenters. The maximum absolute atomic E-state index is 12.2. The van der Waals surface area contributed by atoms with Crippen LogP contribution in [-0.2, 0) is 11.2 Å². The van der Waals surface area contributed by atoms with Gasteiger partial charge in [0.1, 0.15) is 5.82 Å². The van der Waals surface area contributed by atoms with E-state index in [4.69, 9.17) is 0 Å². The Bertz CT molecular complexity index is 907. The second kappa shape index (κ2) is 9.06. The number of rotatable bonds is 9. The molecule has 5 nitrogen and oxygen atoms in total. The molecule has 0 aliphatic heterocycles. The molecule has 0 saturated heterocycles. The van der Waals surface area contributed by atoms with Gasteiger partial charge in [-0.25, -0.2) is 0 Å². The Hall–Kier alpha value is -2.60. The molecular weight excluding hydrogens is 368 g/mol. The lowest BCUT2D eigenvalue weighted by molar-refractivity contribution is -0.118. The molecule has 1 heterocycles. The molecule has 6 heteroatoms. The molecule has 1 aromatic heterocycles. The van der Waals surface area contributed by atoms with Crippen LogP contribution in [0.1, 0.15) is 36.6 Å². The van der Waals surface area contributed by atoms with E-state index in [-0.39, 0.29) is 5.91 Å². The number of nitrogens with one attached hydrogen (secondary N) is 1. The molecule has 4 rings (SSSR count). The van der Waals surface area contributed by atoms with E-state index in [9.17, 15) is 4.79 Å². The van der Waals surface area contributed by atoms with Crippen LogP contribution in [0, 0.1) is 0 Å². The Morgan fingerprint density at radius 3 is 2.46 bits per heavy atom. The van der Waals surface area contributed by atoms with Gasteiger partial charge in [0, 0.05) is 18.2 Å². The van der Waals surface area contributed by atoms with E-state index in [2.05, 4.69) is 44.3 Å². The SMILES string of the molecule is O=C(CSc1nnc(C2CC2)n1-c1ccccc1)NCCCc1ccccc1. The highest BCUT2D eigenvalue weighted by Crippen LogP contribution is 2.41. The van der Waals surface area contributed by atoms with Crippen molar-refractivity contribution in [2.75, 3.05) is 12.3 Å². The standard InChI is InChI=1S/C22H24N4OS/c27-20(23-15-7-10-17-8-3-1-4-9-17)16-28-22-25-24-21(18-13-14-18)26(22)19-11-5-2-6-12-19/h1-6,8-9,11-12,18H,7,10,13-16H2,(H,23,27). The highest BCUT2D eigenvalue weighted by atomic mass is 32.2. The van der Waals surface area contributed by atoms with Gasteiger partial charge in [-0.2, -0.15) is 0 Å². The summed E-state index contributed by atoms with van der Waals surface area (Å²) >= 11 is 1.45. The fourth-order valence-corrected chi connectivity index (χ4v) is 3.94. The van der Waals surface area contributed by atoms with Gasteiger partial charge in [-0.15, -0.1) is 10.2 Å². The van der Waals surface area contributed by atoms with E-state index < -0.39 is 0 Å². The third kappa shape index (κ3) is 4.81. The maximum atomic E-state index is 12.2. The van der Waals surface area contributed by atoms with E-state index in [1.165, 1.54) is 17.3 Å². The quantitative estimate of drug-likeness (QED) is 0.442. The van der Waals surface area contributed by atoms with Crippen LogP contribution in [0.4, 0.5) is 0 Å². The van der Waals surface area contributed by atoms with E-state index >= 15 is 0 Å². The van der Waals surface area contributed by atoms with E-state index in [1.54, 1.807) is 0 Å². The highest BCUT2D eigenvalue weighted by Gasteiger charge is 2.31. The lowest BCUT2D eigenvalue weighted by Gasteiger charge is -2.10. The number of aromatic nitrogens is 3.